The second-order valence-electron chi connectivity index (χ2n) is 7.99. The number of aryl methyl sites for hydroxylation is 1. The number of aromatic nitrogens is 1. The average Bonchev–Trinajstić information content (AvgIpc) is 3.17. The molecular weight excluding hydrogens is 404 g/mol. The van der Waals surface area contributed by atoms with Crippen LogP contribution in [-0.2, 0) is 4.79 Å². The van der Waals surface area contributed by atoms with Crippen LogP contribution in [0.5, 0.6) is 17.2 Å². The Bertz CT molecular complexity index is 1030. The first-order chi connectivity index (χ1) is 14.1. The van der Waals surface area contributed by atoms with Crippen molar-refractivity contribution in [3.8, 4) is 17.2 Å². The maximum Gasteiger partial charge on any atom is 0.586 e. The van der Waals surface area contributed by atoms with Crippen molar-refractivity contribution in [3.05, 3.63) is 35.7 Å². The van der Waals surface area contributed by atoms with Crippen LogP contribution >= 0.6 is 0 Å². The van der Waals surface area contributed by atoms with Gasteiger partial charge in [-0.25, -0.2) is 0 Å². The van der Waals surface area contributed by atoms with Crippen LogP contribution in [0.3, 0.4) is 0 Å². The van der Waals surface area contributed by atoms with Crippen LogP contribution in [0.1, 0.15) is 35.5 Å². The summed E-state index contributed by atoms with van der Waals surface area (Å²) >= 11 is 0. The van der Waals surface area contributed by atoms with Crippen molar-refractivity contribution in [1.82, 2.24) is 15.8 Å². The molecule has 4 aliphatic rings. The Morgan fingerprint density at radius 2 is 1.80 bits per heavy atom. The SMILES string of the molecule is Cc1cc(C(=O)NC23CC(NC(=O)COc4ccc5c(c4)OC(F)(F)O5)(C2)C3)on1. The molecule has 0 radical (unpaired) electrons. The van der Waals surface area contributed by atoms with Gasteiger partial charge in [0.2, 0.25) is 5.76 Å². The minimum Gasteiger partial charge on any atom is -0.484 e. The Balaban J connectivity index is 1.09. The number of carbonyl (C=O) groups excluding carboxylic acids is 2. The minimum atomic E-state index is -3.71. The molecule has 11 heteroatoms. The number of nitrogens with zero attached hydrogens (tertiary/aromatic N) is 1. The maximum absolute atomic E-state index is 13.0. The molecule has 0 atom stereocenters. The first kappa shape index (κ1) is 18.6. The molecule has 3 fully saturated rings. The van der Waals surface area contributed by atoms with Crippen LogP contribution in [0.4, 0.5) is 8.78 Å². The van der Waals surface area contributed by atoms with E-state index in [0.717, 1.165) is 0 Å². The smallest absolute Gasteiger partial charge is 0.484 e. The first-order valence-electron chi connectivity index (χ1n) is 9.25. The quantitative estimate of drug-likeness (QED) is 0.733. The van der Waals surface area contributed by atoms with E-state index in [1.165, 1.54) is 18.2 Å². The van der Waals surface area contributed by atoms with Crippen molar-refractivity contribution < 1.29 is 37.1 Å². The molecular formula is C19H17F2N3O6. The molecule has 2 aromatic rings. The number of fused-ring (bicyclic) bond motifs is 1. The van der Waals surface area contributed by atoms with Gasteiger partial charge >= 0.3 is 6.29 Å². The highest BCUT2D eigenvalue weighted by atomic mass is 19.3. The Kier molecular flexibility index (Phi) is 3.77. The number of benzene rings is 1. The summed E-state index contributed by atoms with van der Waals surface area (Å²) in [5.41, 5.74) is -0.0751. The number of carbonyl (C=O) groups is 2. The zero-order valence-electron chi connectivity index (χ0n) is 15.8. The van der Waals surface area contributed by atoms with E-state index in [1.807, 2.05) is 0 Å². The first-order valence-corrected chi connectivity index (χ1v) is 9.25. The van der Waals surface area contributed by atoms with Gasteiger partial charge in [0.25, 0.3) is 11.8 Å². The molecule has 9 nitrogen and oxygen atoms in total. The van der Waals surface area contributed by atoms with Crippen molar-refractivity contribution in [1.29, 1.82) is 0 Å². The highest BCUT2D eigenvalue weighted by Crippen LogP contribution is 2.60. The number of halogens is 2. The summed E-state index contributed by atoms with van der Waals surface area (Å²) in [6.07, 6.45) is -1.86. The predicted molar refractivity (Wildman–Crippen MR) is 94.3 cm³/mol. The van der Waals surface area contributed by atoms with Crippen LogP contribution in [0.2, 0.25) is 0 Å². The van der Waals surface area contributed by atoms with Crippen molar-refractivity contribution in [2.45, 2.75) is 43.6 Å². The standard InChI is InChI=1S/C19H17F2N3O6/c1-10-4-14(30-24-10)16(26)23-18-7-17(8-18,9-18)22-15(25)6-27-11-2-3-12-13(5-11)29-19(20,21)28-12/h2-5H,6-9H2,1H3,(H,22,25)(H,23,26). The van der Waals surface area contributed by atoms with Gasteiger partial charge in [-0.1, -0.05) is 5.16 Å². The van der Waals surface area contributed by atoms with Crippen LogP contribution in [0.15, 0.2) is 28.8 Å². The van der Waals surface area contributed by atoms with E-state index >= 15 is 0 Å². The van der Waals surface area contributed by atoms with E-state index in [4.69, 9.17) is 9.26 Å². The Hall–Kier alpha value is -3.37. The van der Waals surface area contributed by atoms with Gasteiger partial charge < -0.3 is 29.4 Å². The molecule has 0 saturated heterocycles. The molecule has 0 unspecified atom stereocenters. The second-order valence-corrected chi connectivity index (χ2v) is 7.99. The third-order valence-electron chi connectivity index (χ3n) is 5.41. The van der Waals surface area contributed by atoms with Gasteiger partial charge in [0.05, 0.1) is 5.69 Å². The normalized spacial score (nSPS) is 26.9. The molecule has 3 saturated carbocycles. The molecule has 158 valence electrons. The third kappa shape index (κ3) is 3.19. The van der Waals surface area contributed by atoms with Crippen molar-refractivity contribution in [3.63, 3.8) is 0 Å². The number of ether oxygens (including phenoxy) is 3. The highest BCUT2D eigenvalue weighted by molar-refractivity contribution is 5.92. The average molecular weight is 421 g/mol. The molecule has 1 aromatic carbocycles. The largest absolute Gasteiger partial charge is 0.586 e. The molecule has 30 heavy (non-hydrogen) atoms. The van der Waals surface area contributed by atoms with Gasteiger partial charge in [0.1, 0.15) is 5.75 Å². The summed E-state index contributed by atoms with van der Waals surface area (Å²) in [5, 5.41) is 9.53. The predicted octanol–water partition coefficient (Wildman–Crippen LogP) is 1.90. The van der Waals surface area contributed by atoms with Crippen LogP contribution in [0.25, 0.3) is 0 Å². The summed E-state index contributed by atoms with van der Waals surface area (Å²) in [6, 6.07) is 5.49. The fraction of sp³-hybridized carbons (Fsp3) is 0.421. The molecule has 0 spiro atoms. The van der Waals surface area contributed by atoms with E-state index in [9.17, 15) is 18.4 Å². The highest BCUT2D eigenvalue weighted by Gasteiger charge is 2.69. The fourth-order valence-corrected chi connectivity index (χ4v) is 4.33. The Morgan fingerprint density at radius 3 is 2.50 bits per heavy atom. The van der Waals surface area contributed by atoms with E-state index in [2.05, 4.69) is 25.3 Å². The number of hydrogen-bond donors (Lipinski definition) is 2. The van der Waals surface area contributed by atoms with Crippen molar-refractivity contribution >= 4 is 11.8 Å². The van der Waals surface area contributed by atoms with Gasteiger partial charge in [-0.15, -0.1) is 8.78 Å². The van der Waals surface area contributed by atoms with E-state index in [0.29, 0.717) is 25.0 Å². The molecule has 3 aliphatic carbocycles. The lowest BCUT2D eigenvalue weighted by molar-refractivity contribution is -0.286. The van der Waals surface area contributed by atoms with Crippen LogP contribution in [0, 0.1) is 6.92 Å². The maximum atomic E-state index is 13.0. The van der Waals surface area contributed by atoms with E-state index < -0.39 is 6.29 Å². The number of hydrogen-bond acceptors (Lipinski definition) is 7. The Morgan fingerprint density at radius 1 is 1.10 bits per heavy atom. The fourth-order valence-electron chi connectivity index (χ4n) is 4.33. The molecule has 1 aromatic heterocycles. The van der Waals surface area contributed by atoms with Gasteiger partial charge in [0, 0.05) is 23.2 Å². The zero-order valence-corrected chi connectivity index (χ0v) is 15.8. The minimum absolute atomic E-state index is 0.0986. The number of nitrogens with one attached hydrogen (secondary N) is 2. The van der Waals surface area contributed by atoms with Gasteiger partial charge in [-0.05, 0) is 38.3 Å². The number of amides is 2. The topological polar surface area (TPSA) is 112 Å². The zero-order chi connectivity index (χ0) is 21.1. The summed E-state index contributed by atoms with van der Waals surface area (Å²) in [5.74, 6) is -0.565. The summed E-state index contributed by atoms with van der Waals surface area (Å²) in [7, 11) is 0. The van der Waals surface area contributed by atoms with Crippen LogP contribution in [-0.4, -0.2) is 41.0 Å². The van der Waals surface area contributed by atoms with Crippen molar-refractivity contribution in [2.75, 3.05) is 6.61 Å². The number of alkyl halides is 2. The van der Waals surface area contributed by atoms with Gasteiger partial charge in [-0.2, -0.15) is 0 Å². The number of rotatable bonds is 6. The lowest BCUT2D eigenvalue weighted by Crippen LogP contribution is -2.84. The Labute approximate surface area is 168 Å². The van der Waals surface area contributed by atoms with Gasteiger partial charge in [0.15, 0.2) is 18.1 Å². The van der Waals surface area contributed by atoms with E-state index in [-0.39, 0.29) is 52.5 Å². The lowest BCUT2D eigenvalue weighted by atomic mass is 9.44. The van der Waals surface area contributed by atoms with Gasteiger partial charge in [-0.3, -0.25) is 9.59 Å². The lowest BCUT2D eigenvalue weighted by Gasteiger charge is -2.70. The second kappa shape index (κ2) is 6.07. The molecule has 2 bridgehead atoms. The third-order valence-corrected chi connectivity index (χ3v) is 5.41. The summed E-state index contributed by atoms with van der Waals surface area (Å²) in [4.78, 5) is 24.4. The molecule has 2 amide bonds. The van der Waals surface area contributed by atoms with Crippen LogP contribution < -0.4 is 24.8 Å². The summed E-state index contributed by atoms with van der Waals surface area (Å²) < 4.78 is 45.1. The monoisotopic (exact) mass is 421 g/mol. The van der Waals surface area contributed by atoms with Crippen molar-refractivity contribution in [2.24, 2.45) is 0 Å². The summed E-state index contributed by atoms with van der Waals surface area (Å²) in [6.45, 7) is 1.45. The van der Waals surface area contributed by atoms with E-state index in [1.54, 1.807) is 13.0 Å². The molecule has 1 aliphatic heterocycles. The molecule has 2 N–H and O–H groups in total. The molecule has 2 heterocycles. The molecule has 6 rings (SSSR count).